The Morgan fingerprint density at radius 3 is 2.81 bits per heavy atom. The van der Waals surface area contributed by atoms with Crippen LogP contribution in [0, 0.1) is 5.92 Å². The lowest BCUT2D eigenvalue weighted by Crippen LogP contribution is -2.33. The van der Waals surface area contributed by atoms with E-state index in [1.165, 1.54) is 0 Å². The zero-order chi connectivity index (χ0) is 15.5. The minimum atomic E-state index is -4.50. The van der Waals surface area contributed by atoms with E-state index in [-0.39, 0.29) is 17.2 Å². The lowest BCUT2D eigenvalue weighted by atomic mass is 10.0. The molecule has 1 heterocycles. The van der Waals surface area contributed by atoms with Crippen molar-refractivity contribution in [3.8, 4) is 0 Å². The first-order valence-corrected chi connectivity index (χ1v) is 6.70. The fourth-order valence-corrected chi connectivity index (χ4v) is 2.23. The Hall–Kier alpha value is -1.76. The second kappa shape index (κ2) is 6.34. The van der Waals surface area contributed by atoms with Crippen LogP contribution in [0.4, 0.5) is 18.9 Å². The summed E-state index contributed by atoms with van der Waals surface area (Å²) in [4.78, 5) is 12.0. The van der Waals surface area contributed by atoms with E-state index < -0.39 is 17.6 Å². The van der Waals surface area contributed by atoms with Crippen LogP contribution in [0.1, 0.15) is 28.8 Å². The molecular weight excluding hydrogens is 285 g/mol. The number of alkyl halides is 3. The summed E-state index contributed by atoms with van der Waals surface area (Å²) in [6, 6.07) is 2.74. The predicted molar refractivity (Wildman–Crippen MR) is 71.7 cm³/mol. The standard InChI is InChI=1S/C14H17F3N2O2/c15-14(16,17)10-3-4-12(18)11(6-10)13(20)19-7-9-2-1-5-21-8-9/h3-4,6,9H,1-2,5,7-8,18H2,(H,19,20). The number of carbonyl (C=O) groups excluding carboxylic acids is 1. The molecule has 0 bridgehead atoms. The maximum Gasteiger partial charge on any atom is 0.416 e. The lowest BCUT2D eigenvalue weighted by molar-refractivity contribution is -0.137. The number of nitrogens with one attached hydrogen (secondary N) is 1. The maximum atomic E-state index is 12.7. The van der Waals surface area contributed by atoms with Crippen molar-refractivity contribution in [2.45, 2.75) is 19.0 Å². The van der Waals surface area contributed by atoms with Gasteiger partial charge in [0, 0.05) is 18.8 Å². The van der Waals surface area contributed by atoms with Gasteiger partial charge in [-0.2, -0.15) is 13.2 Å². The molecule has 1 amide bonds. The van der Waals surface area contributed by atoms with Crippen LogP contribution in [0.3, 0.4) is 0 Å². The second-order valence-electron chi connectivity index (χ2n) is 5.09. The van der Waals surface area contributed by atoms with E-state index in [9.17, 15) is 18.0 Å². The van der Waals surface area contributed by atoms with E-state index in [4.69, 9.17) is 10.5 Å². The van der Waals surface area contributed by atoms with Crippen LogP contribution in [0.15, 0.2) is 18.2 Å². The summed E-state index contributed by atoms with van der Waals surface area (Å²) >= 11 is 0. The number of rotatable bonds is 3. The summed E-state index contributed by atoms with van der Waals surface area (Å²) in [6.07, 6.45) is -2.65. The Labute approximate surface area is 120 Å². The average molecular weight is 302 g/mol. The molecule has 1 fully saturated rings. The molecule has 0 saturated carbocycles. The second-order valence-corrected chi connectivity index (χ2v) is 5.09. The smallest absolute Gasteiger partial charge is 0.398 e. The first-order chi connectivity index (χ1) is 9.88. The molecule has 1 saturated heterocycles. The highest BCUT2D eigenvalue weighted by Crippen LogP contribution is 2.31. The normalized spacial score (nSPS) is 19.3. The van der Waals surface area contributed by atoms with Crippen molar-refractivity contribution < 1.29 is 22.7 Å². The van der Waals surface area contributed by atoms with Gasteiger partial charge in [0.15, 0.2) is 0 Å². The monoisotopic (exact) mass is 302 g/mol. The van der Waals surface area contributed by atoms with Crippen molar-refractivity contribution in [1.29, 1.82) is 0 Å². The van der Waals surface area contributed by atoms with E-state index in [2.05, 4.69) is 5.32 Å². The average Bonchev–Trinajstić information content (AvgIpc) is 2.45. The topological polar surface area (TPSA) is 64.4 Å². The van der Waals surface area contributed by atoms with Crippen LogP contribution in [-0.4, -0.2) is 25.7 Å². The van der Waals surface area contributed by atoms with Crippen molar-refractivity contribution >= 4 is 11.6 Å². The Balaban J connectivity index is 2.04. The minimum absolute atomic E-state index is 0.0281. The first-order valence-electron chi connectivity index (χ1n) is 6.70. The molecule has 1 aliphatic heterocycles. The van der Waals surface area contributed by atoms with Gasteiger partial charge in [-0.15, -0.1) is 0 Å². The minimum Gasteiger partial charge on any atom is -0.398 e. The lowest BCUT2D eigenvalue weighted by Gasteiger charge is -2.22. The van der Waals surface area contributed by atoms with E-state index in [1.54, 1.807) is 0 Å². The van der Waals surface area contributed by atoms with Crippen LogP contribution >= 0.6 is 0 Å². The Morgan fingerprint density at radius 2 is 2.19 bits per heavy atom. The van der Waals surface area contributed by atoms with Crippen molar-refractivity contribution in [3.05, 3.63) is 29.3 Å². The highest BCUT2D eigenvalue weighted by atomic mass is 19.4. The molecule has 4 nitrogen and oxygen atoms in total. The van der Waals surface area contributed by atoms with Gasteiger partial charge in [0.25, 0.3) is 5.91 Å². The van der Waals surface area contributed by atoms with Crippen molar-refractivity contribution in [2.24, 2.45) is 5.92 Å². The van der Waals surface area contributed by atoms with E-state index >= 15 is 0 Å². The number of ether oxygens (including phenoxy) is 1. The molecule has 3 N–H and O–H groups in total. The summed E-state index contributed by atoms with van der Waals surface area (Å²) in [7, 11) is 0. The summed E-state index contributed by atoms with van der Waals surface area (Å²) in [5, 5.41) is 2.62. The molecule has 1 aromatic carbocycles. The van der Waals surface area contributed by atoms with Crippen LogP contribution in [-0.2, 0) is 10.9 Å². The van der Waals surface area contributed by atoms with Gasteiger partial charge in [-0.3, -0.25) is 4.79 Å². The molecular formula is C14H17F3N2O2. The molecule has 1 aliphatic rings. The number of nitrogen functional groups attached to an aromatic ring is 1. The third-order valence-corrected chi connectivity index (χ3v) is 3.43. The van der Waals surface area contributed by atoms with E-state index in [0.29, 0.717) is 19.8 Å². The van der Waals surface area contributed by atoms with E-state index in [0.717, 1.165) is 31.0 Å². The van der Waals surface area contributed by atoms with Crippen molar-refractivity contribution in [2.75, 3.05) is 25.5 Å². The quantitative estimate of drug-likeness (QED) is 0.843. The van der Waals surface area contributed by atoms with Crippen LogP contribution in [0.25, 0.3) is 0 Å². The van der Waals surface area contributed by atoms with Crippen LogP contribution in [0.2, 0.25) is 0 Å². The van der Waals surface area contributed by atoms with Gasteiger partial charge in [0.1, 0.15) is 0 Å². The summed E-state index contributed by atoms with van der Waals surface area (Å²) in [6.45, 7) is 1.64. The number of anilines is 1. The summed E-state index contributed by atoms with van der Waals surface area (Å²) < 4.78 is 43.2. The van der Waals surface area contributed by atoms with E-state index in [1.807, 2.05) is 0 Å². The molecule has 1 aromatic rings. The molecule has 21 heavy (non-hydrogen) atoms. The maximum absolute atomic E-state index is 12.7. The predicted octanol–water partition coefficient (Wildman–Crippen LogP) is 2.44. The zero-order valence-corrected chi connectivity index (χ0v) is 11.4. The molecule has 0 aromatic heterocycles. The van der Waals surface area contributed by atoms with Crippen LogP contribution in [0.5, 0.6) is 0 Å². The molecule has 0 aliphatic carbocycles. The molecule has 2 rings (SSSR count). The molecule has 1 atom stereocenters. The van der Waals surface area contributed by atoms with Gasteiger partial charge in [-0.05, 0) is 37.0 Å². The number of benzene rings is 1. The SMILES string of the molecule is Nc1ccc(C(F)(F)F)cc1C(=O)NCC1CCCOC1. The molecule has 116 valence electrons. The molecule has 1 unspecified atom stereocenters. The zero-order valence-electron chi connectivity index (χ0n) is 11.4. The fourth-order valence-electron chi connectivity index (χ4n) is 2.23. The number of amides is 1. The molecule has 0 spiro atoms. The Bertz CT molecular complexity index is 511. The van der Waals surface area contributed by atoms with Crippen molar-refractivity contribution in [3.63, 3.8) is 0 Å². The summed E-state index contributed by atoms with van der Waals surface area (Å²) in [5.41, 5.74) is 4.58. The van der Waals surface area contributed by atoms with Gasteiger partial charge in [-0.25, -0.2) is 0 Å². The highest BCUT2D eigenvalue weighted by molar-refractivity contribution is 5.99. The third-order valence-electron chi connectivity index (χ3n) is 3.43. The van der Waals surface area contributed by atoms with Crippen LogP contribution < -0.4 is 11.1 Å². The third kappa shape index (κ3) is 4.10. The Kier molecular flexibility index (Phi) is 4.72. The first kappa shape index (κ1) is 15.6. The Morgan fingerprint density at radius 1 is 1.43 bits per heavy atom. The number of nitrogens with two attached hydrogens (primary N) is 1. The fraction of sp³-hybridized carbons (Fsp3) is 0.500. The number of hydrogen-bond donors (Lipinski definition) is 2. The van der Waals surface area contributed by atoms with Gasteiger partial charge < -0.3 is 15.8 Å². The molecule has 0 radical (unpaired) electrons. The van der Waals surface area contributed by atoms with Gasteiger partial charge >= 0.3 is 6.18 Å². The number of carbonyl (C=O) groups is 1. The highest BCUT2D eigenvalue weighted by Gasteiger charge is 2.31. The van der Waals surface area contributed by atoms with Crippen molar-refractivity contribution in [1.82, 2.24) is 5.32 Å². The van der Waals surface area contributed by atoms with Gasteiger partial charge in [-0.1, -0.05) is 0 Å². The number of hydrogen-bond acceptors (Lipinski definition) is 3. The summed E-state index contributed by atoms with van der Waals surface area (Å²) in [5.74, 6) is -0.404. The molecule has 7 heteroatoms. The largest absolute Gasteiger partial charge is 0.416 e. The van der Waals surface area contributed by atoms with Gasteiger partial charge in [0.05, 0.1) is 17.7 Å². The number of halogens is 3. The van der Waals surface area contributed by atoms with Gasteiger partial charge in [0.2, 0.25) is 0 Å².